The van der Waals surface area contributed by atoms with Crippen molar-refractivity contribution in [2.75, 3.05) is 5.32 Å². The van der Waals surface area contributed by atoms with Gasteiger partial charge < -0.3 is 10.4 Å². The molecule has 0 unspecified atom stereocenters. The van der Waals surface area contributed by atoms with E-state index in [4.69, 9.17) is 5.11 Å². The summed E-state index contributed by atoms with van der Waals surface area (Å²) in [5.41, 5.74) is 0.666. The van der Waals surface area contributed by atoms with Crippen LogP contribution in [0.15, 0.2) is 6.07 Å². The number of carbonyl (C=O) groups excluding carboxylic acids is 1. The zero-order valence-electron chi connectivity index (χ0n) is 8.74. The number of anilines is 1. The van der Waals surface area contributed by atoms with Gasteiger partial charge in [0.2, 0.25) is 0 Å². The SMILES string of the molecule is Cc1cc(NC(=O)NC2CC2)sc1C(=O)O. The number of urea groups is 1. The minimum atomic E-state index is -0.960. The van der Waals surface area contributed by atoms with Crippen LogP contribution in [0, 0.1) is 6.92 Å². The van der Waals surface area contributed by atoms with Crippen LogP contribution in [0.4, 0.5) is 9.80 Å². The Balaban J connectivity index is 2.00. The first-order chi connectivity index (χ1) is 7.56. The standard InChI is InChI=1S/C10H12N2O3S/c1-5-4-7(16-8(5)9(13)14)12-10(15)11-6-2-3-6/h4,6H,2-3H2,1H3,(H,13,14)(H2,11,12,15). The van der Waals surface area contributed by atoms with Crippen LogP contribution in [0.5, 0.6) is 0 Å². The fraction of sp³-hybridized carbons (Fsp3) is 0.400. The molecule has 1 aliphatic carbocycles. The Bertz CT molecular complexity index is 437. The maximum atomic E-state index is 11.4. The Kier molecular flexibility index (Phi) is 2.82. The summed E-state index contributed by atoms with van der Waals surface area (Å²) in [5, 5.41) is 14.8. The van der Waals surface area contributed by atoms with Crippen molar-refractivity contribution in [2.24, 2.45) is 0 Å². The number of carbonyl (C=O) groups is 2. The van der Waals surface area contributed by atoms with Crippen LogP contribution >= 0.6 is 11.3 Å². The molecule has 0 atom stereocenters. The third kappa shape index (κ3) is 2.52. The largest absolute Gasteiger partial charge is 0.477 e. The Labute approximate surface area is 96.5 Å². The number of amides is 2. The molecule has 0 spiro atoms. The third-order valence-electron chi connectivity index (χ3n) is 2.26. The molecule has 86 valence electrons. The van der Waals surface area contributed by atoms with Crippen LogP contribution in [0.3, 0.4) is 0 Å². The van der Waals surface area contributed by atoms with Crippen molar-refractivity contribution in [3.63, 3.8) is 0 Å². The fourth-order valence-corrected chi connectivity index (χ4v) is 2.22. The summed E-state index contributed by atoms with van der Waals surface area (Å²) in [4.78, 5) is 22.4. The lowest BCUT2D eigenvalue weighted by Gasteiger charge is -2.02. The van der Waals surface area contributed by atoms with Gasteiger partial charge in [-0.15, -0.1) is 11.3 Å². The lowest BCUT2D eigenvalue weighted by Crippen LogP contribution is -2.29. The normalized spacial score (nSPS) is 14.6. The molecule has 0 bridgehead atoms. The van der Waals surface area contributed by atoms with Crippen molar-refractivity contribution in [2.45, 2.75) is 25.8 Å². The topological polar surface area (TPSA) is 78.4 Å². The molecule has 6 heteroatoms. The van der Waals surface area contributed by atoms with Gasteiger partial charge in [0.25, 0.3) is 0 Å². The number of nitrogens with one attached hydrogen (secondary N) is 2. The Hall–Kier alpha value is -1.56. The lowest BCUT2D eigenvalue weighted by atomic mass is 10.3. The van der Waals surface area contributed by atoms with E-state index in [2.05, 4.69) is 10.6 Å². The van der Waals surface area contributed by atoms with Crippen LogP contribution in [-0.2, 0) is 0 Å². The summed E-state index contributed by atoms with van der Waals surface area (Å²) < 4.78 is 0. The maximum Gasteiger partial charge on any atom is 0.346 e. The average molecular weight is 240 g/mol. The molecule has 1 aliphatic rings. The van der Waals surface area contributed by atoms with Gasteiger partial charge in [-0.1, -0.05) is 0 Å². The molecule has 2 rings (SSSR count). The van der Waals surface area contributed by atoms with Gasteiger partial charge >= 0.3 is 12.0 Å². The Morgan fingerprint density at radius 1 is 1.50 bits per heavy atom. The van der Waals surface area contributed by atoms with Gasteiger partial charge in [-0.2, -0.15) is 0 Å². The summed E-state index contributed by atoms with van der Waals surface area (Å²) >= 11 is 1.07. The number of hydrogen-bond donors (Lipinski definition) is 3. The predicted octanol–water partition coefficient (Wildman–Crippen LogP) is 2.04. The van der Waals surface area contributed by atoms with Crippen molar-refractivity contribution in [1.29, 1.82) is 0 Å². The zero-order valence-corrected chi connectivity index (χ0v) is 9.56. The number of thiophene rings is 1. The van der Waals surface area contributed by atoms with E-state index >= 15 is 0 Å². The smallest absolute Gasteiger partial charge is 0.346 e. The van der Waals surface area contributed by atoms with Gasteiger partial charge in [0.05, 0.1) is 5.00 Å². The minimum absolute atomic E-state index is 0.263. The first kappa shape index (κ1) is 10.9. The number of hydrogen-bond acceptors (Lipinski definition) is 3. The van der Waals surface area contributed by atoms with E-state index < -0.39 is 5.97 Å². The number of aryl methyl sites for hydroxylation is 1. The highest BCUT2D eigenvalue weighted by Gasteiger charge is 2.23. The molecule has 1 aromatic rings. The second-order valence-corrected chi connectivity index (χ2v) is 4.85. The molecule has 16 heavy (non-hydrogen) atoms. The second kappa shape index (κ2) is 4.13. The van der Waals surface area contributed by atoms with Gasteiger partial charge in [-0.3, -0.25) is 5.32 Å². The van der Waals surface area contributed by atoms with Crippen molar-refractivity contribution in [3.05, 3.63) is 16.5 Å². The van der Waals surface area contributed by atoms with Crippen molar-refractivity contribution >= 4 is 28.3 Å². The molecule has 0 aliphatic heterocycles. The quantitative estimate of drug-likeness (QED) is 0.756. The number of carboxylic acid groups (broad SMARTS) is 1. The second-order valence-electron chi connectivity index (χ2n) is 3.80. The molecule has 5 nitrogen and oxygen atoms in total. The van der Waals surface area contributed by atoms with Gasteiger partial charge in [-0.05, 0) is 31.4 Å². The Morgan fingerprint density at radius 2 is 2.19 bits per heavy atom. The highest BCUT2D eigenvalue weighted by Crippen LogP contribution is 2.26. The molecule has 1 fully saturated rings. The van der Waals surface area contributed by atoms with E-state index in [1.165, 1.54) is 0 Å². The molecule has 0 aromatic carbocycles. The molecule has 0 radical (unpaired) electrons. The van der Waals surface area contributed by atoms with E-state index in [0.29, 0.717) is 16.6 Å². The van der Waals surface area contributed by atoms with Gasteiger partial charge in [0.1, 0.15) is 4.88 Å². The van der Waals surface area contributed by atoms with E-state index in [1.54, 1.807) is 13.0 Å². The summed E-state index contributed by atoms with van der Waals surface area (Å²) in [6.45, 7) is 1.71. The van der Waals surface area contributed by atoms with E-state index in [0.717, 1.165) is 24.2 Å². The summed E-state index contributed by atoms with van der Waals surface area (Å²) in [6, 6.07) is 1.70. The minimum Gasteiger partial charge on any atom is -0.477 e. The zero-order chi connectivity index (χ0) is 11.7. The molecule has 1 saturated carbocycles. The molecular formula is C10H12N2O3S. The Morgan fingerprint density at radius 3 is 2.69 bits per heavy atom. The highest BCUT2D eigenvalue weighted by molar-refractivity contribution is 7.18. The molecule has 0 saturated heterocycles. The maximum absolute atomic E-state index is 11.4. The monoisotopic (exact) mass is 240 g/mol. The van der Waals surface area contributed by atoms with E-state index in [1.807, 2.05) is 0 Å². The summed E-state index contributed by atoms with van der Waals surface area (Å²) in [6.07, 6.45) is 2.05. The van der Waals surface area contributed by atoms with Crippen molar-refractivity contribution in [1.82, 2.24) is 5.32 Å². The third-order valence-corrected chi connectivity index (χ3v) is 3.40. The van der Waals surface area contributed by atoms with E-state index in [9.17, 15) is 9.59 Å². The number of aromatic carboxylic acids is 1. The highest BCUT2D eigenvalue weighted by atomic mass is 32.1. The molecule has 2 amide bonds. The van der Waals surface area contributed by atoms with Crippen molar-refractivity contribution < 1.29 is 14.7 Å². The van der Waals surface area contributed by atoms with Crippen LogP contribution in [0.1, 0.15) is 28.1 Å². The van der Waals surface area contributed by atoms with E-state index in [-0.39, 0.29) is 10.9 Å². The van der Waals surface area contributed by atoms with Crippen LogP contribution in [-0.4, -0.2) is 23.1 Å². The fourth-order valence-electron chi connectivity index (χ4n) is 1.32. The summed E-state index contributed by atoms with van der Waals surface area (Å²) in [5.74, 6) is -0.960. The van der Waals surface area contributed by atoms with Gasteiger partial charge in [0, 0.05) is 6.04 Å². The van der Waals surface area contributed by atoms with Crippen LogP contribution in [0.25, 0.3) is 0 Å². The number of rotatable bonds is 3. The first-order valence-corrected chi connectivity index (χ1v) is 5.79. The van der Waals surface area contributed by atoms with Crippen molar-refractivity contribution in [3.8, 4) is 0 Å². The average Bonchev–Trinajstić information content (AvgIpc) is 2.89. The van der Waals surface area contributed by atoms with Crippen LogP contribution in [0.2, 0.25) is 0 Å². The molecular weight excluding hydrogens is 228 g/mol. The van der Waals surface area contributed by atoms with Gasteiger partial charge in [-0.25, -0.2) is 9.59 Å². The lowest BCUT2D eigenvalue weighted by molar-refractivity contribution is 0.0701. The number of carboxylic acids is 1. The van der Waals surface area contributed by atoms with Crippen LogP contribution < -0.4 is 10.6 Å². The molecule has 1 heterocycles. The molecule has 1 aromatic heterocycles. The first-order valence-electron chi connectivity index (χ1n) is 4.97. The molecule has 3 N–H and O–H groups in total. The predicted molar refractivity (Wildman–Crippen MR) is 61.2 cm³/mol. The summed E-state index contributed by atoms with van der Waals surface area (Å²) in [7, 11) is 0. The van der Waals surface area contributed by atoms with Gasteiger partial charge in [0.15, 0.2) is 0 Å².